The number of hydrogen-bond donors (Lipinski definition) is 1. The van der Waals surface area contributed by atoms with Crippen LogP contribution < -0.4 is 10.1 Å². The molecule has 0 spiro atoms. The van der Waals surface area contributed by atoms with Crippen LogP contribution >= 0.6 is 0 Å². The molecule has 0 aromatic carbocycles. The van der Waals surface area contributed by atoms with Crippen molar-refractivity contribution < 1.29 is 4.74 Å². The predicted octanol–water partition coefficient (Wildman–Crippen LogP) is 1.91. The maximum atomic E-state index is 5.77. The zero-order valence-electron chi connectivity index (χ0n) is 12.2. The van der Waals surface area contributed by atoms with E-state index in [2.05, 4.69) is 50.1 Å². The lowest BCUT2D eigenvalue weighted by molar-refractivity contribution is 0.111. The number of hydrogen-bond acceptors (Lipinski definition) is 4. The second-order valence-corrected chi connectivity index (χ2v) is 5.24. The van der Waals surface area contributed by atoms with Gasteiger partial charge in [-0.15, -0.1) is 0 Å². The minimum absolute atomic E-state index is 0.000642. The molecule has 1 N–H and O–H groups in total. The summed E-state index contributed by atoms with van der Waals surface area (Å²) in [6, 6.07) is 5.89. The number of aromatic nitrogens is 1. The molecule has 1 heterocycles. The van der Waals surface area contributed by atoms with Crippen LogP contribution in [-0.2, 0) is 6.54 Å². The fourth-order valence-electron chi connectivity index (χ4n) is 1.27. The first-order chi connectivity index (χ1) is 8.45. The summed E-state index contributed by atoms with van der Waals surface area (Å²) in [7, 11) is 4.11. The molecule has 4 heteroatoms. The molecule has 0 aliphatic heterocycles. The Hall–Kier alpha value is -1.13. The van der Waals surface area contributed by atoms with Crippen LogP contribution in [0.1, 0.15) is 26.5 Å². The zero-order valence-corrected chi connectivity index (χ0v) is 12.2. The van der Waals surface area contributed by atoms with Crippen LogP contribution in [0, 0.1) is 0 Å². The molecule has 0 atom stereocenters. The van der Waals surface area contributed by atoms with E-state index in [0.717, 1.165) is 18.8 Å². The first-order valence-corrected chi connectivity index (χ1v) is 6.42. The highest BCUT2D eigenvalue weighted by molar-refractivity contribution is 5.16. The van der Waals surface area contributed by atoms with Crippen LogP contribution in [-0.4, -0.2) is 42.7 Å². The highest BCUT2D eigenvalue weighted by Crippen LogP contribution is 2.14. The van der Waals surface area contributed by atoms with E-state index in [1.165, 1.54) is 0 Å². The Bertz CT molecular complexity index is 364. The van der Waals surface area contributed by atoms with Crippen LogP contribution in [0.3, 0.4) is 0 Å². The molecule has 102 valence electrons. The SMILES string of the molecule is CCNCc1cccc(OCC(C)(C)N(C)C)n1. The Morgan fingerprint density at radius 1 is 1.33 bits per heavy atom. The summed E-state index contributed by atoms with van der Waals surface area (Å²) in [6.07, 6.45) is 0. The minimum atomic E-state index is -0.000642. The van der Waals surface area contributed by atoms with E-state index in [1.807, 2.05) is 18.2 Å². The lowest BCUT2D eigenvalue weighted by atomic mass is 10.1. The third-order valence-corrected chi connectivity index (χ3v) is 3.12. The molecule has 4 nitrogen and oxygen atoms in total. The third-order valence-electron chi connectivity index (χ3n) is 3.12. The molecule has 1 rings (SSSR count). The smallest absolute Gasteiger partial charge is 0.213 e. The summed E-state index contributed by atoms with van der Waals surface area (Å²) in [4.78, 5) is 6.62. The normalized spacial score (nSPS) is 11.9. The van der Waals surface area contributed by atoms with Crippen molar-refractivity contribution in [2.45, 2.75) is 32.9 Å². The van der Waals surface area contributed by atoms with Gasteiger partial charge in [0, 0.05) is 18.2 Å². The highest BCUT2D eigenvalue weighted by atomic mass is 16.5. The standard InChI is InChI=1S/C14H25N3O/c1-6-15-10-12-8-7-9-13(16-12)18-11-14(2,3)17(4)5/h7-9,15H,6,10-11H2,1-5H3. The van der Waals surface area contributed by atoms with Crippen molar-refractivity contribution in [3.05, 3.63) is 23.9 Å². The van der Waals surface area contributed by atoms with Crippen molar-refractivity contribution in [3.8, 4) is 5.88 Å². The van der Waals surface area contributed by atoms with E-state index >= 15 is 0 Å². The van der Waals surface area contributed by atoms with Crippen LogP contribution in [0.2, 0.25) is 0 Å². The molecule has 0 radical (unpaired) electrons. The molecule has 0 saturated carbocycles. The van der Waals surface area contributed by atoms with Gasteiger partial charge in [0.05, 0.1) is 5.69 Å². The predicted molar refractivity (Wildman–Crippen MR) is 74.9 cm³/mol. The largest absolute Gasteiger partial charge is 0.476 e. The molecule has 1 aromatic rings. The topological polar surface area (TPSA) is 37.4 Å². The van der Waals surface area contributed by atoms with Gasteiger partial charge in [-0.05, 0) is 40.6 Å². The van der Waals surface area contributed by atoms with Crippen LogP contribution in [0.15, 0.2) is 18.2 Å². The van der Waals surface area contributed by atoms with Crippen molar-refractivity contribution in [1.29, 1.82) is 0 Å². The Morgan fingerprint density at radius 2 is 2.06 bits per heavy atom. The number of nitrogens with zero attached hydrogens (tertiary/aromatic N) is 2. The molecular weight excluding hydrogens is 226 g/mol. The lowest BCUT2D eigenvalue weighted by Crippen LogP contribution is -2.43. The van der Waals surface area contributed by atoms with E-state index in [0.29, 0.717) is 12.5 Å². The molecule has 0 saturated heterocycles. The second kappa shape index (κ2) is 6.71. The van der Waals surface area contributed by atoms with Crippen LogP contribution in [0.25, 0.3) is 0 Å². The second-order valence-electron chi connectivity index (χ2n) is 5.24. The number of pyridine rings is 1. The van der Waals surface area contributed by atoms with E-state index in [9.17, 15) is 0 Å². The Kier molecular flexibility index (Phi) is 5.56. The van der Waals surface area contributed by atoms with Gasteiger partial charge in [-0.1, -0.05) is 13.0 Å². The average molecular weight is 251 g/mol. The quantitative estimate of drug-likeness (QED) is 0.803. The Labute approximate surface area is 110 Å². The van der Waals surface area contributed by atoms with E-state index < -0.39 is 0 Å². The molecule has 0 bridgehead atoms. The van der Waals surface area contributed by atoms with E-state index in [-0.39, 0.29) is 5.54 Å². The van der Waals surface area contributed by atoms with Gasteiger partial charge < -0.3 is 15.0 Å². The summed E-state index contributed by atoms with van der Waals surface area (Å²) in [5, 5.41) is 3.26. The molecular formula is C14H25N3O. The fourth-order valence-corrected chi connectivity index (χ4v) is 1.27. The summed E-state index contributed by atoms with van der Waals surface area (Å²) < 4.78 is 5.77. The maximum absolute atomic E-state index is 5.77. The van der Waals surface area contributed by atoms with E-state index in [1.54, 1.807) is 0 Å². The van der Waals surface area contributed by atoms with Crippen molar-refractivity contribution in [1.82, 2.24) is 15.2 Å². The third kappa shape index (κ3) is 4.63. The molecule has 1 aromatic heterocycles. The molecule has 0 aliphatic carbocycles. The maximum Gasteiger partial charge on any atom is 0.213 e. The van der Waals surface area contributed by atoms with Crippen molar-refractivity contribution >= 4 is 0 Å². The van der Waals surface area contributed by atoms with E-state index in [4.69, 9.17) is 4.74 Å². The number of ether oxygens (including phenoxy) is 1. The first kappa shape index (κ1) is 14.9. The monoisotopic (exact) mass is 251 g/mol. The highest BCUT2D eigenvalue weighted by Gasteiger charge is 2.21. The van der Waals surface area contributed by atoms with Gasteiger partial charge in [-0.2, -0.15) is 0 Å². The van der Waals surface area contributed by atoms with Gasteiger partial charge in [0.25, 0.3) is 0 Å². The summed E-state index contributed by atoms with van der Waals surface area (Å²) in [5.74, 6) is 0.695. The summed E-state index contributed by atoms with van der Waals surface area (Å²) >= 11 is 0. The van der Waals surface area contributed by atoms with Crippen molar-refractivity contribution in [3.63, 3.8) is 0 Å². The average Bonchev–Trinajstić information content (AvgIpc) is 2.34. The number of nitrogens with one attached hydrogen (secondary N) is 1. The van der Waals surface area contributed by atoms with Gasteiger partial charge in [0.2, 0.25) is 5.88 Å². The Balaban J connectivity index is 2.57. The molecule has 0 aliphatic rings. The summed E-state index contributed by atoms with van der Waals surface area (Å²) in [6.45, 7) is 8.73. The summed E-state index contributed by atoms with van der Waals surface area (Å²) in [5.41, 5.74) is 1.01. The Morgan fingerprint density at radius 3 is 2.67 bits per heavy atom. The number of likely N-dealkylation sites (N-methyl/N-ethyl adjacent to an activating group) is 1. The van der Waals surface area contributed by atoms with Crippen molar-refractivity contribution in [2.24, 2.45) is 0 Å². The van der Waals surface area contributed by atoms with Gasteiger partial charge in [-0.3, -0.25) is 0 Å². The van der Waals surface area contributed by atoms with Gasteiger partial charge in [-0.25, -0.2) is 4.98 Å². The van der Waals surface area contributed by atoms with Crippen LogP contribution in [0.4, 0.5) is 0 Å². The lowest BCUT2D eigenvalue weighted by Gasteiger charge is -2.31. The zero-order chi connectivity index (χ0) is 13.6. The van der Waals surface area contributed by atoms with Crippen molar-refractivity contribution in [2.75, 3.05) is 27.2 Å². The van der Waals surface area contributed by atoms with Crippen LogP contribution in [0.5, 0.6) is 5.88 Å². The molecule has 0 fully saturated rings. The van der Waals surface area contributed by atoms with Gasteiger partial charge in [0.15, 0.2) is 0 Å². The molecule has 0 unspecified atom stereocenters. The minimum Gasteiger partial charge on any atom is -0.476 e. The molecule has 0 amide bonds. The fraction of sp³-hybridized carbons (Fsp3) is 0.643. The molecule has 18 heavy (non-hydrogen) atoms. The number of rotatable bonds is 7. The first-order valence-electron chi connectivity index (χ1n) is 6.42. The van der Waals surface area contributed by atoms with Gasteiger partial charge in [0.1, 0.15) is 6.61 Å². The van der Waals surface area contributed by atoms with Gasteiger partial charge >= 0.3 is 0 Å².